The monoisotopic (exact) mass is 735 g/mol. The molecule has 0 saturated heterocycles. The molecule has 1 aliphatic carbocycles. The Labute approximate surface area is 290 Å². The van der Waals surface area contributed by atoms with Crippen molar-refractivity contribution in [3.8, 4) is 5.75 Å². The number of hydrogen-bond donors (Lipinski definition) is 1. The van der Waals surface area contributed by atoms with Gasteiger partial charge in [-0.15, -0.1) is 0 Å². The lowest BCUT2D eigenvalue weighted by Gasteiger charge is -2.35. The van der Waals surface area contributed by atoms with E-state index in [1.165, 1.54) is 48.4 Å². The molecule has 4 aromatic rings. The number of benzene rings is 4. The van der Waals surface area contributed by atoms with E-state index in [4.69, 9.17) is 4.74 Å². The zero-order chi connectivity index (χ0) is 34.1. The Morgan fingerprint density at radius 1 is 0.896 bits per heavy atom. The number of anilines is 1. The number of halogens is 2. The van der Waals surface area contributed by atoms with Crippen molar-refractivity contribution in [2.24, 2.45) is 0 Å². The summed E-state index contributed by atoms with van der Waals surface area (Å²) in [7, 11) is -2.85. The van der Waals surface area contributed by atoms with Crippen LogP contribution in [0.15, 0.2) is 112 Å². The van der Waals surface area contributed by atoms with E-state index in [1.54, 1.807) is 0 Å². The van der Waals surface area contributed by atoms with Crippen molar-refractivity contribution >= 4 is 43.5 Å². The molecule has 1 N–H and O–H groups in total. The van der Waals surface area contributed by atoms with Crippen molar-refractivity contribution in [1.82, 2.24) is 10.2 Å². The Bertz CT molecular complexity index is 1780. The zero-order valence-electron chi connectivity index (χ0n) is 26.7. The van der Waals surface area contributed by atoms with Gasteiger partial charge < -0.3 is 15.0 Å². The van der Waals surface area contributed by atoms with E-state index < -0.39 is 34.3 Å². The van der Waals surface area contributed by atoms with Crippen LogP contribution in [0.1, 0.15) is 43.2 Å². The van der Waals surface area contributed by atoms with Crippen molar-refractivity contribution < 1.29 is 27.1 Å². The van der Waals surface area contributed by atoms with Gasteiger partial charge in [-0.1, -0.05) is 77.7 Å². The predicted octanol–water partition coefficient (Wildman–Crippen LogP) is 6.88. The fourth-order valence-corrected chi connectivity index (χ4v) is 7.80. The highest BCUT2D eigenvalue weighted by atomic mass is 79.9. The van der Waals surface area contributed by atoms with Crippen LogP contribution in [0.5, 0.6) is 5.75 Å². The molecule has 2 amide bonds. The van der Waals surface area contributed by atoms with Crippen LogP contribution in [0.2, 0.25) is 0 Å². The molecule has 0 spiro atoms. The molecule has 1 unspecified atom stereocenters. The molecular formula is C37H39BrFN3O5S. The molecular weight excluding hydrogens is 697 g/mol. The number of carbonyl (C=O) groups excluding carboxylic acids is 2. The lowest BCUT2D eigenvalue weighted by Crippen LogP contribution is -2.55. The Morgan fingerprint density at radius 2 is 1.56 bits per heavy atom. The van der Waals surface area contributed by atoms with Gasteiger partial charge in [-0.3, -0.25) is 13.9 Å². The van der Waals surface area contributed by atoms with Crippen molar-refractivity contribution in [2.45, 2.75) is 62.0 Å². The largest absolute Gasteiger partial charge is 0.497 e. The summed E-state index contributed by atoms with van der Waals surface area (Å²) >= 11 is 3.50. The summed E-state index contributed by atoms with van der Waals surface area (Å²) in [6.45, 7) is -0.580. The number of amides is 2. The lowest BCUT2D eigenvalue weighted by molar-refractivity contribution is -0.140. The van der Waals surface area contributed by atoms with Crippen molar-refractivity contribution in [2.75, 3.05) is 18.0 Å². The van der Waals surface area contributed by atoms with Gasteiger partial charge in [0.2, 0.25) is 11.8 Å². The SMILES string of the molecule is COc1ccc(S(=O)(=O)N(CC(=O)N(Cc2cccc(Br)c2)C(Cc2ccccc2)C(=O)NC2CCCCC2)c2ccc(F)cc2)cc1. The first kappa shape index (κ1) is 35.1. The first-order valence-corrected chi connectivity index (χ1v) is 18.2. The van der Waals surface area contributed by atoms with Crippen molar-refractivity contribution in [3.63, 3.8) is 0 Å². The smallest absolute Gasteiger partial charge is 0.264 e. The Kier molecular flexibility index (Phi) is 11.9. The van der Waals surface area contributed by atoms with E-state index in [0.717, 1.165) is 64.1 Å². The minimum atomic E-state index is -4.33. The number of sulfonamides is 1. The predicted molar refractivity (Wildman–Crippen MR) is 188 cm³/mol. The molecule has 0 radical (unpaired) electrons. The summed E-state index contributed by atoms with van der Waals surface area (Å²) in [5, 5.41) is 3.20. The Balaban J connectivity index is 1.56. The first-order chi connectivity index (χ1) is 23.1. The van der Waals surface area contributed by atoms with Crippen LogP contribution in [0, 0.1) is 5.82 Å². The summed E-state index contributed by atoms with van der Waals surface area (Å²) in [4.78, 5) is 30.2. The number of ether oxygens (including phenoxy) is 1. The molecule has 0 aromatic heterocycles. The maximum absolute atomic E-state index is 14.6. The van der Waals surface area contributed by atoms with Crippen molar-refractivity contribution in [3.05, 3.63) is 125 Å². The van der Waals surface area contributed by atoms with Crippen LogP contribution in [0.25, 0.3) is 0 Å². The second-order valence-corrected chi connectivity index (χ2v) is 14.6. The van der Waals surface area contributed by atoms with Gasteiger partial charge >= 0.3 is 0 Å². The highest BCUT2D eigenvalue weighted by Gasteiger charge is 2.35. The number of rotatable bonds is 13. The van der Waals surface area contributed by atoms with Gasteiger partial charge in [0.25, 0.3) is 10.0 Å². The minimum absolute atomic E-state index is 0.00138. The average Bonchev–Trinajstić information content (AvgIpc) is 3.10. The summed E-state index contributed by atoms with van der Waals surface area (Å²) in [6.07, 6.45) is 5.11. The average molecular weight is 737 g/mol. The molecule has 1 aliphatic rings. The molecule has 1 atom stereocenters. The molecule has 8 nitrogen and oxygen atoms in total. The number of hydrogen-bond acceptors (Lipinski definition) is 5. The van der Waals surface area contributed by atoms with E-state index in [2.05, 4.69) is 21.2 Å². The van der Waals surface area contributed by atoms with Crippen LogP contribution in [-0.4, -0.2) is 50.9 Å². The maximum atomic E-state index is 14.6. The second kappa shape index (κ2) is 16.3. The van der Waals surface area contributed by atoms with E-state index in [-0.39, 0.29) is 35.5 Å². The third-order valence-electron chi connectivity index (χ3n) is 8.51. The second-order valence-electron chi connectivity index (χ2n) is 11.9. The van der Waals surface area contributed by atoms with E-state index in [1.807, 2.05) is 54.6 Å². The summed E-state index contributed by atoms with van der Waals surface area (Å²) < 4.78 is 49.3. The molecule has 11 heteroatoms. The van der Waals surface area contributed by atoms with Gasteiger partial charge in [0.05, 0.1) is 17.7 Å². The van der Waals surface area contributed by atoms with Gasteiger partial charge in [0.1, 0.15) is 24.2 Å². The van der Waals surface area contributed by atoms with Gasteiger partial charge in [-0.2, -0.15) is 0 Å². The number of carbonyl (C=O) groups is 2. The Hall–Kier alpha value is -4.22. The minimum Gasteiger partial charge on any atom is -0.497 e. The number of nitrogens with one attached hydrogen (secondary N) is 1. The lowest BCUT2D eigenvalue weighted by atomic mass is 9.94. The van der Waals surface area contributed by atoms with Crippen LogP contribution in [0.4, 0.5) is 10.1 Å². The summed E-state index contributed by atoms with van der Waals surface area (Å²) in [5.74, 6) is -0.965. The fourth-order valence-electron chi connectivity index (χ4n) is 5.94. The number of methoxy groups -OCH3 is 1. The van der Waals surface area contributed by atoms with Crippen LogP contribution in [-0.2, 0) is 32.6 Å². The molecule has 4 aromatic carbocycles. The topological polar surface area (TPSA) is 96.0 Å². The molecule has 0 aliphatic heterocycles. The van der Waals surface area contributed by atoms with E-state index in [0.29, 0.717) is 5.75 Å². The molecule has 1 fully saturated rings. The first-order valence-electron chi connectivity index (χ1n) is 15.9. The van der Waals surface area contributed by atoms with Crippen LogP contribution in [0.3, 0.4) is 0 Å². The standard InChI is InChI=1S/C37H39BrFN3O5S/c1-47-33-19-21-34(22-20-33)48(45,46)42(32-17-15-30(39)16-18-32)26-36(43)41(25-28-11-8-12-29(38)23-28)35(24-27-9-4-2-5-10-27)37(44)40-31-13-6-3-7-14-31/h2,4-5,8-12,15-23,31,35H,3,6-7,13-14,24-26H2,1H3,(H,40,44). The molecule has 252 valence electrons. The van der Waals surface area contributed by atoms with Crippen LogP contribution >= 0.6 is 15.9 Å². The molecule has 0 heterocycles. The van der Waals surface area contributed by atoms with Gasteiger partial charge in [-0.05, 0) is 84.6 Å². The zero-order valence-corrected chi connectivity index (χ0v) is 29.1. The molecule has 1 saturated carbocycles. The quantitative estimate of drug-likeness (QED) is 0.162. The number of nitrogens with zero attached hydrogens (tertiary/aromatic N) is 2. The summed E-state index contributed by atoms with van der Waals surface area (Å²) in [6, 6.07) is 26.7. The third kappa shape index (κ3) is 9.02. The van der Waals surface area contributed by atoms with Crippen LogP contribution < -0.4 is 14.4 Å². The molecule has 5 rings (SSSR count). The molecule has 48 heavy (non-hydrogen) atoms. The van der Waals surface area contributed by atoms with E-state index in [9.17, 15) is 22.4 Å². The van der Waals surface area contributed by atoms with Gasteiger partial charge in [-0.25, -0.2) is 12.8 Å². The third-order valence-corrected chi connectivity index (χ3v) is 10.8. The van der Waals surface area contributed by atoms with Gasteiger partial charge in [0.15, 0.2) is 0 Å². The Morgan fingerprint density at radius 3 is 2.21 bits per heavy atom. The normalized spacial score (nSPS) is 14.1. The summed E-state index contributed by atoms with van der Waals surface area (Å²) in [5.41, 5.74) is 1.72. The van der Waals surface area contributed by atoms with Gasteiger partial charge in [0, 0.05) is 23.5 Å². The highest BCUT2D eigenvalue weighted by molar-refractivity contribution is 9.10. The maximum Gasteiger partial charge on any atom is 0.264 e. The van der Waals surface area contributed by atoms with Crippen molar-refractivity contribution in [1.29, 1.82) is 0 Å². The molecule has 0 bridgehead atoms. The van der Waals surface area contributed by atoms with E-state index >= 15 is 0 Å². The fraction of sp³-hybridized carbons (Fsp3) is 0.297. The highest BCUT2D eigenvalue weighted by Crippen LogP contribution is 2.27.